The first-order valence-electron chi connectivity index (χ1n) is 7.10. The molecule has 2 aromatic carbocycles. The first-order chi connectivity index (χ1) is 9.92. The molecule has 0 fully saturated rings. The van der Waals surface area contributed by atoms with Gasteiger partial charge in [-0.15, -0.1) is 0 Å². The van der Waals surface area contributed by atoms with Crippen LogP contribution in [0.2, 0.25) is 0 Å². The lowest BCUT2D eigenvalue weighted by Gasteiger charge is -2.20. The highest BCUT2D eigenvalue weighted by Crippen LogP contribution is 2.31. The minimum Gasteiger partial charge on any atom is -0.497 e. The second kappa shape index (κ2) is 6.52. The lowest BCUT2D eigenvalue weighted by Crippen LogP contribution is -2.09. The predicted molar refractivity (Wildman–Crippen MR) is 93.4 cm³/mol. The third-order valence-electron chi connectivity index (χ3n) is 3.89. The summed E-state index contributed by atoms with van der Waals surface area (Å²) in [5.74, 6) is 0.852. The quantitative estimate of drug-likeness (QED) is 0.781. The summed E-state index contributed by atoms with van der Waals surface area (Å²) in [7, 11) is 1.68. The van der Waals surface area contributed by atoms with Gasteiger partial charge in [0.1, 0.15) is 5.75 Å². The molecule has 0 saturated heterocycles. The Morgan fingerprint density at radius 2 is 1.67 bits per heavy atom. The number of aryl methyl sites for hydroxylation is 3. The monoisotopic (exact) mass is 347 g/mol. The zero-order valence-electron chi connectivity index (χ0n) is 13.3. The van der Waals surface area contributed by atoms with E-state index in [-0.39, 0.29) is 6.04 Å². The number of anilines is 1. The fourth-order valence-corrected chi connectivity index (χ4v) is 2.86. The summed E-state index contributed by atoms with van der Waals surface area (Å²) in [6.45, 7) is 8.67. The van der Waals surface area contributed by atoms with Crippen LogP contribution < -0.4 is 10.1 Å². The topological polar surface area (TPSA) is 21.3 Å². The van der Waals surface area contributed by atoms with Crippen LogP contribution in [0.15, 0.2) is 34.8 Å². The van der Waals surface area contributed by atoms with Gasteiger partial charge in [-0.1, -0.05) is 12.1 Å². The highest BCUT2D eigenvalue weighted by atomic mass is 79.9. The van der Waals surface area contributed by atoms with E-state index in [0.29, 0.717) is 0 Å². The Morgan fingerprint density at radius 1 is 1.00 bits per heavy atom. The van der Waals surface area contributed by atoms with Crippen molar-refractivity contribution in [2.45, 2.75) is 33.7 Å². The third-order valence-corrected chi connectivity index (χ3v) is 4.59. The summed E-state index contributed by atoms with van der Waals surface area (Å²) in [5.41, 5.74) is 6.35. The molecule has 112 valence electrons. The molecule has 0 heterocycles. The van der Waals surface area contributed by atoms with Crippen molar-refractivity contribution in [2.24, 2.45) is 0 Å². The van der Waals surface area contributed by atoms with Gasteiger partial charge in [0.2, 0.25) is 0 Å². The minimum absolute atomic E-state index is 0.229. The van der Waals surface area contributed by atoms with Gasteiger partial charge >= 0.3 is 0 Å². The summed E-state index contributed by atoms with van der Waals surface area (Å²) in [6.07, 6.45) is 0. The maximum Gasteiger partial charge on any atom is 0.121 e. The van der Waals surface area contributed by atoms with Crippen molar-refractivity contribution < 1.29 is 4.74 Å². The van der Waals surface area contributed by atoms with E-state index in [1.54, 1.807) is 7.11 Å². The van der Waals surface area contributed by atoms with Crippen LogP contribution in [0.25, 0.3) is 0 Å². The fraction of sp³-hybridized carbons (Fsp3) is 0.333. The number of nitrogens with one attached hydrogen (secondary N) is 1. The largest absolute Gasteiger partial charge is 0.497 e. The van der Waals surface area contributed by atoms with Crippen molar-refractivity contribution in [1.82, 2.24) is 0 Å². The Labute approximate surface area is 135 Å². The molecule has 2 rings (SSSR count). The zero-order chi connectivity index (χ0) is 15.6. The lowest BCUT2D eigenvalue weighted by molar-refractivity contribution is 0.415. The molecule has 0 saturated carbocycles. The molecule has 0 aliphatic heterocycles. The van der Waals surface area contributed by atoms with Gasteiger partial charge in [-0.3, -0.25) is 0 Å². The van der Waals surface area contributed by atoms with Gasteiger partial charge in [0.15, 0.2) is 0 Å². The SMILES string of the molecule is COc1ccc(Br)c(NC(C)c2cc(C)c(C)cc2C)c1. The maximum atomic E-state index is 5.29. The fourth-order valence-electron chi connectivity index (χ4n) is 2.50. The van der Waals surface area contributed by atoms with Crippen LogP contribution in [0.4, 0.5) is 5.69 Å². The van der Waals surface area contributed by atoms with E-state index in [2.05, 4.69) is 61.1 Å². The van der Waals surface area contributed by atoms with Crippen LogP contribution >= 0.6 is 15.9 Å². The standard InChI is InChI=1S/C18H22BrNO/c1-11-8-13(3)16(9-12(11)2)14(4)20-18-10-15(21-5)6-7-17(18)19/h6-10,14,20H,1-5H3. The van der Waals surface area contributed by atoms with Crippen LogP contribution in [0.3, 0.4) is 0 Å². The first kappa shape index (κ1) is 15.9. The summed E-state index contributed by atoms with van der Waals surface area (Å²) >= 11 is 3.59. The molecule has 2 aromatic rings. The van der Waals surface area contributed by atoms with E-state index in [1.807, 2.05) is 18.2 Å². The summed E-state index contributed by atoms with van der Waals surface area (Å²) < 4.78 is 6.33. The second-order valence-electron chi connectivity index (χ2n) is 5.50. The van der Waals surface area contributed by atoms with E-state index in [4.69, 9.17) is 4.74 Å². The molecule has 1 N–H and O–H groups in total. The first-order valence-corrected chi connectivity index (χ1v) is 7.89. The average Bonchev–Trinajstić information content (AvgIpc) is 2.45. The third kappa shape index (κ3) is 3.59. The highest BCUT2D eigenvalue weighted by molar-refractivity contribution is 9.10. The van der Waals surface area contributed by atoms with Gasteiger partial charge in [-0.25, -0.2) is 0 Å². The minimum atomic E-state index is 0.229. The molecule has 0 aromatic heterocycles. The molecule has 0 amide bonds. The highest BCUT2D eigenvalue weighted by Gasteiger charge is 2.12. The molecule has 1 unspecified atom stereocenters. The predicted octanol–water partition coefficient (Wildman–Crippen LogP) is 5.56. The van der Waals surface area contributed by atoms with Gasteiger partial charge in [0, 0.05) is 16.6 Å². The number of halogens is 1. The van der Waals surface area contributed by atoms with E-state index in [9.17, 15) is 0 Å². The molecular weight excluding hydrogens is 326 g/mol. The Balaban J connectivity index is 2.30. The van der Waals surface area contributed by atoms with Crippen molar-refractivity contribution in [3.63, 3.8) is 0 Å². The molecule has 0 aliphatic carbocycles. The van der Waals surface area contributed by atoms with Gasteiger partial charge < -0.3 is 10.1 Å². The number of methoxy groups -OCH3 is 1. The van der Waals surface area contributed by atoms with Crippen LogP contribution in [0.1, 0.15) is 35.2 Å². The molecular formula is C18H22BrNO. The number of hydrogen-bond acceptors (Lipinski definition) is 2. The number of rotatable bonds is 4. The molecule has 0 radical (unpaired) electrons. The normalized spacial score (nSPS) is 12.1. The van der Waals surface area contributed by atoms with E-state index in [1.165, 1.54) is 22.3 Å². The van der Waals surface area contributed by atoms with E-state index >= 15 is 0 Å². The Bertz CT molecular complexity index is 652. The Hall–Kier alpha value is -1.48. The molecule has 0 spiro atoms. The smallest absolute Gasteiger partial charge is 0.121 e. The van der Waals surface area contributed by atoms with E-state index < -0.39 is 0 Å². The van der Waals surface area contributed by atoms with Crippen molar-refractivity contribution in [2.75, 3.05) is 12.4 Å². The molecule has 3 heteroatoms. The van der Waals surface area contributed by atoms with Gasteiger partial charge in [0.25, 0.3) is 0 Å². The number of benzene rings is 2. The number of ether oxygens (including phenoxy) is 1. The van der Waals surface area contributed by atoms with Gasteiger partial charge in [-0.05, 0) is 78.0 Å². The van der Waals surface area contributed by atoms with Crippen LogP contribution in [-0.2, 0) is 0 Å². The van der Waals surface area contributed by atoms with Crippen LogP contribution in [-0.4, -0.2) is 7.11 Å². The Morgan fingerprint density at radius 3 is 2.33 bits per heavy atom. The van der Waals surface area contributed by atoms with Crippen molar-refractivity contribution in [3.05, 3.63) is 57.1 Å². The average molecular weight is 348 g/mol. The van der Waals surface area contributed by atoms with Crippen molar-refractivity contribution in [3.8, 4) is 5.75 Å². The molecule has 1 atom stereocenters. The summed E-state index contributed by atoms with van der Waals surface area (Å²) in [5, 5.41) is 3.56. The molecule has 2 nitrogen and oxygen atoms in total. The zero-order valence-corrected chi connectivity index (χ0v) is 14.8. The van der Waals surface area contributed by atoms with Gasteiger partial charge in [-0.2, -0.15) is 0 Å². The van der Waals surface area contributed by atoms with Gasteiger partial charge in [0.05, 0.1) is 12.8 Å². The molecule has 21 heavy (non-hydrogen) atoms. The molecule has 0 bridgehead atoms. The second-order valence-corrected chi connectivity index (χ2v) is 6.36. The maximum absolute atomic E-state index is 5.29. The number of hydrogen-bond donors (Lipinski definition) is 1. The summed E-state index contributed by atoms with van der Waals surface area (Å²) in [4.78, 5) is 0. The van der Waals surface area contributed by atoms with Crippen molar-refractivity contribution in [1.29, 1.82) is 0 Å². The van der Waals surface area contributed by atoms with E-state index in [0.717, 1.165) is 15.9 Å². The van der Waals surface area contributed by atoms with Crippen LogP contribution in [0.5, 0.6) is 5.75 Å². The Kier molecular flexibility index (Phi) is 4.94. The van der Waals surface area contributed by atoms with Crippen LogP contribution in [0, 0.1) is 20.8 Å². The lowest BCUT2D eigenvalue weighted by atomic mass is 9.96. The van der Waals surface area contributed by atoms with Crippen molar-refractivity contribution >= 4 is 21.6 Å². The molecule has 0 aliphatic rings. The summed E-state index contributed by atoms with van der Waals surface area (Å²) in [6, 6.07) is 10.7.